The lowest BCUT2D eigenvalue weighted by molar-refractivity contribution is -0.137. The predicted molar refractivity (Wildman–Crippen MR) is 133 cm³/mol. The first-order chi connectivity index (χ1) is 18.0. The summed E-state index contributed by atoms with van der Waals surface area (Å²) in [6.45, 7) is 5.54. The summed E-state index contributed by atoms with van der Waals surface area (Å²) in [7, 11) is 0. The average Bonchev–Trinajstić information content (AvgIpc) is 3.31. The molecule has 0 atom stereocenters. The van der Waals surface area contributed by atoms with E-state index in [-0.39, 0.29) is 0 Å². The van der Waals surface area contributed by atoms with E-state index in [9.17, 15) is 13.2 Å². The molecular formula is C25H27F3N8O. The first-order valence-electron chi connectivity index (χ1n) is 12.0. The molecule has 0 unspecified atom stereocenters. The fourth-order valence-corrected chi connectivity index (χ4v) is 4.10. The number of hydrogen-bond acceptors (Lipinski definition) is 8. The van der Waals surface area contributed by atoms with Crippen molar-refractivity contribution in [3.8, 4) is 0 Å². The molecule has 1 aliphatic rings. The Kier molecular flexibility index (Phi) is 7.47. The number of nitrogens with zero attached hydrogens (tertiary/aromatic N) is 6. The van der Waals surface area contributed by atoms with Crippen molar-refractivity contribution < 1.29 is 17.9 Å². The summed E-state index contributed by atoms with van der Waals surface area (Å²) in [5, 5.41) is 6.63. The molecule has 4 aromatic rings. The van der Waals surface area contributed by atoms with Crippen LogP contribution >= 0.6 is 0 Å². The van der Waals surface area contributed by atoms with Crippen molar-refractivity contribution >= 4 is 22.9 Å². The molecule has 3 aromatic heterocycles. The molecule has 0 aliphatic carbocycles. The molecular weight excluding hydrogens is 485 g/mol. The van der Waals surface area contributed by atoms with Gasteiger partial charge in [0.1, 0.15) is 0 Å². The molecule has 1 saturated heterocycles. The Morgan fingerprint density at radius 3 is 2.51 bits per heavy atom. The van der Waals surface area contributed by atoms with Gasteiger partial charge in [0.15, 0.2) is 17.0 Å². The van der Waals surface area contributed by atoms with Crippen LogP contribution in [0, 0.1) is 0 Å². The minimum Gasteiger partial charge on any atom is -0.379 e. The second-order valence-corrected chi connectivity index (χ2v) is 8.73. The van der Waals surface area contributed by atoms with Crippen molar-refractivity contribution in [3.05, 3.63) is 71.8 Å². The second-order valence-electron chi connectivity index (χ2n) is 8.73. The van der Waals surface area contributed by atoms with Gasteiger partial charge in [-0.15, -0.1) is 0 Å². The minimum atomic E-state index is -4.37. The first-order valence-corrected chi connectivity index (χ1v) is 12.0. The highest BCUT2D eigenvalue weighted by atomic mass is 19.4. The summed E-state index contributed by atoms with van der Waals surface area (Å²) in [6, 6.07) is 8.94. The van der Waals surface area contributed by atoms with Crippen molar-refractivity contribution in [1.82, 2.24) is 29.4 Å². The Labute approximate surface area is 211 Å². The Balaban J connectivity index is 1.37. The zero-order chi connectivity index (χ0) is 25.7. The van der Waals surface area contributed by atoms with Gasteiger partial charge in [0, 0.05) is 45.1 Å². The van der Waals surface area contributed by atoms with Gasteiger partial charge < -0.3 is 19.9 Å². The molecule has 5 rings (SSSR count). The number of halogens is 3. The van der Waals surface area contributed by atoms with Crippen LogP contribution in [-0.4, -0.2) is 68.8 Å². The predicted octanol–water partition coefficient (Wildman–Crippen LogP) is 3.64. The van der Waals surface area contributed by atoms with E-state index in [2.05, 4.69) is 35.5 Å². The molecule has 2 N–H and O–H groups in total. The number of fused-ring (bicyclic) bond motifs is 1. The number of nitrogens with one attached hydrogen (secondary N) is 2. The smallest absolute Gasteiger partial charge is 0.379 e. The Morgan fingerprint density at radius 2 is 1.78 bits per heavy atom. The molecule has 0 bridgehead atoms. The summed E-state index contributed by atoms with van der Waals surface area (Å²) in [4.78, 5) is 20.3. The van der Waals surface area contributed by atoms with Crippen LogP contribution in [0.2, 0.25) is 0 Å². The van der Waals surface area contributed by atoms with Gasteiger partial charge in [0.25, 0.3) is 0 Å². The molecule has 0 spiro atoms. The molecule has 0 amide bonds. The number of hydrogen-bond donors (Lipinski definition) is 2. The van der Waals surface area contributed by atoms with Crippen LogP contribution < -0.4 is 10.6 Å². The number of benzene rings is 1. The quantitative estimate of drug-likeness (QED) is 0.351. The van der Waals surface area contributed by atoms with E-state index in [0.29, 0.717) is 48.1 Å². The maximum absolute atomic E-state index is 13.0. The fourth-order valence-electron chi connectivity index (χ4n) is 4.10. The van der Waals surface area contributed by atoms with Crippen molar-refractivity contribution in [2.45, 2.75) is 19.3 Å². The Morgan fingerprint density at radius 1 is 0.973 bits per heavy atom. The number of rotatable bonds is 9. The number of morpholine rings is 1. The van der Waals surface area contributed by atoms with Crippen LogP contribution in [0.15, 0.2) is 55.1 Å². The third-order valence-corrected chi connectivity index (χ3v) is 6.10. The number of pyridine rings is 1. The van der Waals surface area contributed by atoms with Crippen molar-refractivity contribution in [2.24, 2.45) is 0 Å². The first kappa shape index (κ1) is 24.9. The van der Waals surface area contributed by atoms with E-state index < -0.39 is 11.7 Å². The third kappa shape index (κ3) is 6.33. The van der Waals surface area contributed by atoms with Crippen LogP contribution in [0.4, 0.5) is 24.9 Å². The molecule has 1 aliphatic heterocycles. The lowest BCUT2D eigenvalue weighted by Gasteiger charge is -2.26. The highest BCUT2D eigenvalue weighted by Gasteiger charge is 2.30. The number of aromatic nitrogens is 5. The van der Waals surface area contributed by atoms with E-state index in [0.717, 1.165) is 50.5 Å². The monoisotopic (exact) mass is 512 g/mol. The van der Waals surface area contributed by atoms with E-state index >= 15 is 0 Å². The van der Waals surface area contributed by atoms with E-state index in [4.69, 9.17) is 4.74 Å². The molecule has 12 heteroatoms. The van der Waals surface area contributed by atoms with Gasteiger partial charge >= 0.3 is 6.18 Å². The molecule has 1 fully saturated rings. The lowest BCUT2D eigenvalue weighted by atomic mass is 10.1. The second kappa shape index (κ2) is 11.1. The van der Waals surface area contributed by atoms with Crippen LogP contribution in [0.3, 0.4) is 0 Å². The minimum absolute atomic E-state index is 0.320. The standard InChI is InChI=1S/C25H27F3N8O/c26-25(27,28)20-5-3-18(4-6-20)16-36-17-32-21-22(31-15-19-2-1-7-29-14-19)33-24(34-23(21)36)30-8-9-35-10-12-37-13-11-35/h1-7,14,17H,8-13,15-16H2,(H2,30,31,33,34). The van der Waals surface area contributed by atoms with Crippen LogP contribution in [0.1, 0.15) is 16.7 Å². The molecule has 1 aromatic carbocycles. The maximum atomic E-state index is 13.0. The molecule has 194 valence electrons. The van der Waals surface area contributed by atoms with Gasteiger partial charge in [-0.3, -0.25) is 9.88 Å². The molecule has 9 nitrogen and oxygen atoms in total. The zero-order valence-electron chi connectivity index (χ0n) is 20.1. The van der Waals surface area contributed by atoms with E-state index in [1.165, 1.54) is 12.1 Å². The molecule has 0 radical (unpaired) electrons. The molecule has 37 heavy (non-hydrogen) atoms. The van der Waals surface area contributed by atoms with E-state index in [1.807, 2.05) is 16.7 Å². The maximum Gasteiger partial charge on any atom is 0.416 e. The third-order valence-electron chi connectivity index (χ3n) is 6.10. The normalized spacial score (nSPS) is 14.7. The number of ether oxygens (including phenoxy) is 1. The summed E-state index contributed by atoms with van der Waals surface area (Å²) in [5.41, 5.74) is 2.17. The highest BCUT2D eigenvalue weighted by Crippen LogP contribution is 2.29. The van der Waals surface area contributed by atoms with Crippen LogP contribution in [0.25, 0.3) is 11.2 Å². The average molecular weight is 513 g/mol. The van der Waals surface area contributed by atoms with Gasteiger partial charge in [0.05, 0.1) is 31.6 Å². The lowest BCUT2D eigenvalue weighted by Crippen LogP contribution is -2.39. The fraction of sp³-hybridized carbons (Fsp3) is 0.360. The summed E-state index contributed by atoms with van der Waals surface area (Å²) in [5.74, 6) is 1.01. The van der Waals surface area contributed by atoms with Gasteiger partial charge in [-0.2, -0.15) is 23.1 Å². The molecule has 0 saturated carbocycles. The van der Waals surface area contributed by atoms with Gasteiger partial charge in [-0.05, 0) is 29.3 Å². The number of anilines is 2. The van der Waals surface area contributed by atoms with Gasteiger partial charge in [0.2, 0.25) is 5.95 Å². The summed E-state index contributed by atoms with van der Waals surface area (Å²) < 4.78 is 46.1. The number of alkyl halides is 3. The van der Waals surface area contributed by atoms with Crippen LogP contribution in [0.5, 0.6) is 0 Å². The van der Waals surface area contributed by atoms with Crippen molar-refractivity contribution in [1.29, 1.82) is 0 Å². The van der Waals surface area contributed by atoms with Crippen LogP contribution in [-0.2, 0) is 24.0 Å². The van der Waals surface area contributed by atoms with Crippen molar-refractivity contribution in [3.63, 3.8) is 0 Å². The zero-order valence-corrected chi connectivity index (χ0v) is 20.1. The molecule has 4 heterocycles. The van der Waals surface area contributed by atoms with Crippen molar-refractivity contribution in [2.75, 3.05) is 50.0 Å². The number of imidazole rings is 1. The summed E-state index contributed by atoms with van der Waals surface area (Å²) in [6.07, 6.45) is 0.746. The van der Waals surface area contributed by atoms with E-state index in [1.54, 1.807) is 18.7 Å². The highest BCUT2D eigenvalue weighted by molar-refractivity contribution is 5.84. The summed E-state index contributed by atoms with van der Waals surface area (Å²) >= 11 is 0. The Bertz CT molecular complexity index is 1310. The van der Waals surface area contributed by atoms with Gasteiger partial charge in [-0.1, -0.05) is 18.2 Å². The van der Waals surface area contributed by atoms with Gasteiger partial charge in [-0.25, -0.2) is 4.98 Å². The SMILES string of the molecule is FC(F)(F)c1ccc(Cn2cnc3c(NCc4cccnc4)nc(NCCN4CCOCC4)nc32)cc1. The Hall–Kier alpha value is -3.77. The largest absolute Gasteiger partial charge is 0.416 e. The topological polar surface area (TPSA) is 93.0 Å².